The Balaban J connectivity index is 2.71. The highest BCUT2D eigenvalue weighted by Gasteiger charge is 2.48. The molecule has 68 valence electrons. The topological polar surface area (TPSA) is 66.4 Å². The Hall–Kier alpha value is -1.06. The van der Waals surface area contributed by atoms with E-state index in [9.17, 15) is 9.59 Å². The molecule has 0 aromatic rings. The number of carboxylic acid groups (broad SMARTS) is 1. The number of carbonyl (C=O) groups is 2. The van der Waals surface area contributed by atoms with E-state index < -0.39 is 11.5 Å². The third-order valence-electron chi connectivity index (χ3n) is 2.27. The quantitative estimate of drug-likeness (QED) is 0.645. The van der Waals surface area contributed by atoms with Crippen molar-refractivity contribution < 1.29 is 14.7 Å². The first-order chi connectivity index (χ1) is 5.47. The van der Waals surface area contributed by atoms with Crippen molar-refractivity contribution in [3.05, 3.63) is 0 Å². The summed E-state index contributed by atoms with van der Waals surface area (Å²) in [4.78, 5) is 21.5. The summed E-state index contributed by atoms with van der Waals surface area (Å²) in [5, 5.41) is 11.4. The Kier molecular flexibility index (Phi) is 2.08. The number of rotatable bonds is 3. The van der Waals surface area contributed by atoms with E-state index in [0.717, 1.165) is 12.8 Å². The normalized spacial score (nSPS) is 21.2. The standard InChI is InChI=1S/C8H13NO3/c1-5(10)9-8(2,7(11)12)6-3-4-6/h6H,3-4H2,1-2H3,(H,9,10)(H,11,12)/t8-/m0/s1. The van der Waals surface area contributed by atoms with E-state index in [2.05, 4.69) is 5.32 Å². The third-order valence-corrected chi connectivity index (χ3v) is 2.27. The van der Waals surface area contributed by atoms with Crippen LogP contribution in [0, 0.1) is 5.92 Å². The van der Waals surface area contributed by atoms with Crippen molar-refractivity contribution in [3.63, 3.8) is 0 Å². The molecule has 0 unspecified atom stereocenters. The highest BCUT2D eigenvalue weighted by molar-refractivity contribution is 5.86. The summed E-state index contributed by atoms with van der Waals surface area (Å²) in [5.74, 6) is -1.12. The largest absolute Gasteiger partial charge is 0.480 e. The smallest absolute Gasteiger partial charge is 0.329 e. The van der Waals surface area contributed by atoms with Gasteiger partial charge in [0.1, 0.15) is 5.54 Å². The number of hydrogen-bond acceptors (Lipinski definition) is 2. The molecule has 0 spiro atoms. The SMILES string of the molecule is CC(=O)N[C@](C)(C(=O)O)C1CC1. The fraction of sp³-hybridized carbons (Fsp3) is 0.750. The van der Waals surface area contributed by atoms with Gasteiger partial charge in [0, 0.05) is 6.92 Å². The van der Waals surface area contributed by atoms with Crippen molar-refractivity contribution in [3.8, 4) is 0 Å². The van der Waals surface area contributed by atoms with Gasteiger partial charge in [-0.3, -0.25) is 4.79 Å². The van der Waals surface area contributed by atoms with Gasteiger partial charge in [0.15, 0.2) is 0 Å². The van der Waals surface area contributed by atoms with Crippen LogP contribution in [0.4, 0.5) is 0 Å². The van der Waals surface area contributed by atoms with Gasteiger partial charge in [-0.25, -0.2) is 4.79 Å². The van der Waals surface area contributed by atoms with Crippen molar-refractivity contribution in [2.75, 3.05) is 0 Å². The van der Waals surface area contributed by atoms with Gasteiger partial charge in [0.05, 0.1) is 0 Å². The molecule has 0 saturated heterocycles. The Labute approximate surface area is 71.0 Å². The molecule has 0 radical (unpaired) electrons. The predicted molar refractivity (Wildman–Crippen MR) is 42.6 cm³/mol. The van der Waals surface area contributed by atoms with Gasteiger partial charge in [0.2, 0.25) is 5.91 Å². The molecule has 12 heavy (non-hydrogen) atoms. The van der Waals surface area contributed by atoms with Crippen LogP contribution in [0.1, 0.15) is 26.7 Å². The average molecular weight is 171 g/mol. The third kappa shape index (κ3) is 1.57. The monoisotopic (exact) mass is 171 g/mol. The lowest BCUT2D eigenvalue weighted by atomic mass is 9.96. The molecular weight excluding hydrogens is 158 g/mol. The van der Waals surface area contributed by atoms with E-state index in [0.29, 0.717) is 0 Å². The van der Waals surface area contributed by atoms with Gasteiger partial charge in [-0.2, -0.15) is 0 Å². The second kappa shape index (κ2) is 2.77. The first-order valence-electron chi connectivity index (χ1n) is 3.99. The summed E-state index contributed by atoms with van der Waals surface area (Å²) >= 11 is 0. The summed E-state index contributed by atoms with van der Waals surface area (Å²) in [6, 6.07) is 0. The molecule has 0 aromatic carbocycles. The number of nitrogens with one attached hydrogen (secondary N) is 1. The first-order valence-corrected chi connectivity index (χ1v) is 3.99. The van der Waals surface area contributed by atoms with Gasteiger partial charge in [-0.1, -0.05) is 0 Å². The molecular formula is C8H13NO3. The molecule has 2 N–H and O–H groups in total. The lowest BCUT2D eigenvalue weighted by Crippen LogP contribution is -2.53. The molecule has 4 heteroatoms. The van der Waals surface area contributed by atoms with E-state index in [-0.39, 0.29) is 11.8 Å². The minimum absolute atomic E-state index is 0.110. The number of hydrogen-bond donors (Lipinski definition) is 2. The van der Waals surface area contributed by atoms with Crippen molar-refractivity contribution in [2.24, 2.45) is 5.92 Å². The van der Waals surface area contributed by atoms with Crippen LogP contribution in [0.25, 0.3) is 0 Å². The maximum atomic E-state index is 10.8. The van der Waals surface area contributed by atoms with Crippen LogP contribution in [0.2, 0.25) is 0 Å². The average Bonchev–Trinajstić information content (AvgIpc) is 2.65. The van der Waals surface area contributed by atoms with Crippen LogP contribution in [0.5, 0.6) is 0 Å². The van der Waals surface area contributed by atoms with Crippen LogP contribution in [0.3, 0.4) is 0 Å². The van der Waals surface area contributed by atoms with Crippen LogP contribution in [-0.4, -0.2) is 22.5 Å². The second-order valence-corrected chi connectivity index (χ2v) is 3.46. The van der Waals surface area contributed by atoms with Crippen LogP contribution in [-0.2, 0) is 9.59 Å². The fourth-order valence-corrected chi connectivity index (χ4v) is 1.36. The van der Waals surface area contributed by atoms with Gasteiger partial charge in [-0.05, 0) is 25.7 Å². The number of aliphatic carboxylic acids is 1. The minimum Gasteiger partial charge on any atom is -0.480 e. The summed E-state index contributed by atoms with van der Waals surface area (Å²) in [6.07, 6.45) is 1.78. The Morgan fingerprint density at radius 2 is 2.00 bits per heavy atom. The zero-order chi connectivity index (χ0) is 9.35. The van der Waals surface area contributed by atoms with E-state index in [4.69, 9.17) is 5.11 Å². The van der Waals surface area contributed by atoms with E-state index in [1.54, 1.807) is 6.92 Å². The zero-order valence-electron chi connectivity index (χ0n) is 7.26. The van der Waals surface area contributed by atoms with Crippen LogP contribution in [0.15, 0.2) is 0 Å². The van der Waals surface area contributed by atoms with Crippen molar-refractivity contribution in [1.82, 2.24) is 5.32 Å². The second-order valence-electron chi connectivity index (χ2n) is 3.46. The van der Waals surface area contributed by atoms with E-state index >= 15 is 0 Å². The van der Waals surface area contributed by atoms with Gasteiger partial charge >= 0.3 is 5.97 Å². The molecule has 0 aliphatic heterocycles. The summed E-state index contributed by atoms with van der Waals surface area (Å²) < 4.78 is 0. The van der Waals surface area contributed by atoms with E-state index in [1.165, 1.54) is 6.92 Å². The molecule has 1 aliphatic rings. The lowest BCUT2D eigenvalue weighted by molar-refractivity contribution is -0.147. The zero-order valence-corrected chi connectivity index (χ0v) is 7.26. The fourth-order valence-electron chi connectivity index (χ4n) is 1.36. The lowest BCUT2D eigenvalue weighted by Gasteiger charge is -2.25. The Bertz CT molecular complexity index is 222. The summed E-state index contributed by atoms with van der Waals surface area (Å²) in [6.45, 7) is 2.90. The molecule has 1 atom stereocenters. The van der Waals surface area contributed by atoms with Gasteiger partial charge < -0.3 is 10.4 Å². The number of amides is 1. The Morgan fingerprint density at radius 1 is 1.50 bits per heavy atom. The van der Waals surface area contributed by atoms with Gasteiger partial charge in [0.25, 0.3) is 0 Å². The minimum atomic E-state index is -1.05. The van der Waals surface area contributed by atoms with Crippen LogP contribution >= 0.6 is 0 Å². The summed E-state index contributed by atoms with van der Waals surface area (Å²) in [7, 11) is 0. The summed E-state index contributed by atoms with van der Waals surface area (Å²) in [5.41, 5.74) is -1.05. The molecule has 1 aliphatic carbocycles. The predicted octanol–water partition coefficient (Wildman–Crippen LogP) is 0.376. The highest BCUT2D eigenvalue weighted by Crippen LogP contribution is 2.39. The van der Waals surface area contributed by atoms with Gasteiger partial charge in [-0.15, -0.1) is 0 Å². The molecule has 1 rings (SSSR count). The molecule has 4 nitrogen and oxygen atoms in total. The molecule has 1 fully saturated rings. The molecule has 0 bridgehead atoms. The number of carbonyl (C=O) groups excluding carboxylic acids is 1. The number of carboxylic acids is 1. The van der Waals surface area contributed by atoms with Crippen molar-refractivity contribution in [1.29, 1.82) is 0 Å². The maximum absolute atomic E-state index is 10.8. The molecule has 0 aromatic heterocycles. The van der Waals surface area contributed by atoms with E-state index in [1.807, 2.05) is 0 Å². The maximum Gasteiger partial charge on any atom is 0.329 e. The molecule has 1 saturated carbocycles. The first kappa shape index (κ1) is 9.03. The van der Waals surface area contributed by atoms with Crippen molar-refractivity contribution in [2.45, 2.75) is 32.2 Å². The Morgan fingerprint density at radius 3 is 2.25 bits per heavy atom. The highest BCUT2D eigenvalue weighted by atomic mass is 16.4. The van der Waals surface area contributed by atoms with Crippen LogP contribution < -0.4 is 5.32 Å². The van der Waals surface area contributed by atoms with Crippen molar-refractivity contribution >= 4 is 11.9 Å². The molecule has 0 heterocycles. The molecule has 1 amide bonds.